The van der Waals surface area contributed by atoms with E-state index in [1.807, 2.05) is 0 Å². The van der Waals surface area contributed by atoms with Crippen molar-refractivity contribution in [2.75, 3.05) is 25.2 Å². The van der Waals surface area contributed by atoms with Crippen molar-refractivity contribution in [2.45, 2.75) is 58.1 Å². The molecule has 2 saturated heterocycles. The molecule has 2 aliphatic rings. The van der Waals surface area contributed by atoms with Crippen LogP contribution in [0.2, 0.25) is 0 Å². The van der Waals surface area contributed by atoms with Crippen LogP contribution in [0.15, 0.2) is 0 Å². The Balaban J connectivity index is 1.99. The van der Waals surface area contributed by atoms with Gasteiger partial charge < -0.3 is 10.1 Å². The highest BCUT2D eigenvalue weighted by atomic mass is 32.2. The first-order valence-corrected chi connectivity index (χ1v) is 8.52. The second-order valence-corrected chi connectivity index (χ2v) is 8.01. The van der Waals surface area contributed by atoms with Gasteiger partial charge in [-0.05, 0) is 56.7 Å². The Hall–Kier alpha value is 0.270. The molecule has 0 amide bonds. The van der Waals surface area contributed by atoms with Crippen molar-refractivity contribution in [3.63, 3.8) is 0 Å². The van der Waals surface area contributed by atoms with Gasteiger partial charge in [0.1, 0.15) is 0 Å². The van der Waals surface area contributed by atoms with Crippen LogP contribution in [-0.2, 0) is 4.74 Å². The predicted molar refractivity (Wildman–Crippen MR) is 80.3 cm³/mol. The fraction of sp³-hybridized carbons (Fsp3) is 1.00. The van der Waals surface area contributed by atoms with Gasteiger partial charge in [0, 0.05) is 18.4 Å². The molecule has 18 heavy (non-hydrogen) atoms. The quantitative estimate of drug-likeness (QED) is 0.847. The van der Waals surface area contributed by atoms with Gasteiger partial charge in [0.25, 0.3) is 0 Å². The van der Waals surface area contributed by atoms with Gasteiger partial charge in [0.2, 0.25) is 0 Å². The van der Waals surface area contributed by atoms with E-state index in [0.29, 0.717) is 11.5 Å². The molecule has 0 bridgehead atoms. The third-order valence-electron chi connectivity index (χ3n) is 4.99. The molecule has 2 aliphatic heterocycles. The minimum absolute atomic E-state index is 0.230. The number of ether oxygens (including phenoxy) is 1. The Labute approximate surface area is 117 Å². The standard InChI is InChI=1S/C15H29NOS/c1-12(16-4)9-14(2,3)13-5-7-17-15(10-13)6-8-18-11-15/h12-13,16H,5-11H2,1-4H3. The van der Waals surface area contributed by atoms with Gasteiger partial charge in [0.15, 0.2) is 0 Å². The Morgan fingerprint density at radius 2 is 2.28 bits per heavy atom. The van der Waals surface area contributed by atoms with Gasteiger partial charge in [-0.25, -0.2) is 0 Å². The molecule has 0 saturated carbocycles. The first kappa shape index (κ1) is 14.7. The maximum Gasteiger partial charge on any atom is 0.0783 e. The van der Waals surface area contributed by atoms with Crippen LogP contribution in [0, 0.1) is 11.3 Å². The first-order chi connectivity index (χ1) is 8.47. The molecule has 3 atom stereocenters. The van der Waals surface area contributed by atoms with Crippen LogP contribution >= 0.6 is 11.8 Å². The number of rotatable bonds is 4. The molecular formula is C15H29NOS. The molecule has 0 aromatic rings. The summed E-state index contributed by atoms with van der Waals surface area (Å²) in [5.41, 5.74) is 0.653. The van der Waals surface area contributed by atoms with E-state index in [9.17, 15) is 0 Å². The summed E-state index contributed by atoms with van der Waals surface area (Å²) in [5.74, 6) is 3.34. The molecule has 106 valence electrons. The normalized spacial score (nSPS) is 35.0. The van der Waals surface area contributed by atoms with Crippen molar-refractivity contribution < 1.29 is 4.74 Å². The highest BCUT2D eigenvalue weighted by Gasteiger charge is 2.44. The smallest absolute Gasteiger partial charge is 0.0783 e. The summed E-state index contributed by atoms with van der Waals surface area (Å²) in [7, 11) is 2.07. The summed E-state index contributed by atoms with van der Waals surface area (Å²) < 4.78 is 6.15. The van der Waals surface area contributed by atoms with Crippen molar-refractivity contribution >= 4 is 11.8 Å². The fourth-order valence-corrected chi connectivity index (χ4v) is 4.99. The minimum Gasteiger partial charge on any atom is -0.374 e. The average molecular weight is 271 g/mol. The summed E-state index contributed by atoms with van der Waals surface area (Å²) >= 11 is 2.07. The average Bonchev–Trinajstić information content (AvgIpc) is 2.76. The van der Waals surface area contributed by atoms with E-state index in [2.05, 4.69) is 44.9 Å². The Morgan fingerprint density at radius 3 is 2.89 bits per heavy atom. The van der Waals surface area contributed by atoms with Crippen LogP contribution in [0.25, 0.3) is 0 Å². The van der Waals surface area contributed by atoms with Crippen molar-refractivity contribution in [1.29, 1.82) is 0 Å². The molecule has 2 heterocycles. The number of hydrogen-bond donors (Lipinski definition) is 1. The molecule has 0 aliphatic carbocycles. The monoisotopic (exact) mass is 271 g/mol. The number of thioether (sulfide) groups is 1. The van der Waals surface area contributed by atoms with Crippen molar-refractivity contribution in [2.24, 2.45) is 11.3 Å². The van der Waals surface area contributed by atoms with Gasteiger partial charge in [-0.3, -0.25) is 0 Å². The van der Waals surface area contributed by atoms with Crippen LogP contribution in [0.4, 0.5) is 0 Å². The van der Waals surface area contributed by atoms with E-state index in [1.165, 1.54) is 37.2 Å². The van der Waals surface area contributed by atoms with E-state index in [0.717, 1.165) is 12.5 Å². The molecule has 3 unspecified atom stereocenters. The van der Waals surface area contributed by atoms with Crippen LogP contribution in [0.1, 0.15) is 46.5 Å². The van der Waals surface area contributed by atoms with Crippen molar-refractivity contribution in [3.8, 4) is 0 Å². The summed E-state index contributed by atoms with van der Waals surface area (Å²) in [6, 6.07) is 0.608. The van der Waals surface area contributed by atoms with Gasteiger partial charge in [-0.2, -0.15) is 11.8 Å². The third-order valence-corrected chi connectivity index (χ3v) is 6.21. The van der Waals surface area contributed by atoms with Gasteiger partial charge in [0.05, 0.1) is 5.60 Å². The van der Waals surface area contributed by atoms with Crippen molar-refractivity contribution in [1.82, 2.24) is 5.32 Å². The second kappa shape index (κ2) is 5.72. The largest absolute Gasteiger partial charge is 0.374 e. The maximum absolute atomic E-state index is 6.15. The van der Waals surface area contributed by atoms with Crippen LogP contribution in [0.3, 0.4) is 0 Å². The van der Waals surface area contributed by atoms with Crippen LogP contribution in [0.5, 0.6) is 0 Å². The SMILES string of the molecule is CNC(C)CC(C)(C)C1CCOC2(CCSC2)C1. The fourth-order valence-electron chi connectivity index (χ4n) is 3.62. The van der Waals surface area contributed by atoms with Crippen LogP contribution in [-0.4, -0.2) is 36.8 Å². The topological polar surface area (TPSA) is 21.3 Å². The Kier molecular flexibility index (Phi) is 4.66. The predicted octanol–water partition coefficient (Wildman–Crippen LogP) is 3.31. The zero-order valence-electron chi connectivity index (χ0n) is 12.4. The Morgan fingerprint density at radius 1 is 1.50 bits per heavy atom. The molecule has 2 fully saturated rings. The minimum atomic E-state index is 0.230. The van der Waals surface area contributed by atoms with E-state index < -0.39 is 0 Å². The summed E-state index contributed by atoms with van der Waals surface area (Å²) in [6.45, 7) is 8.17. The molecule has 1 spiro atoms. The molecule has 0 aromatic carbocycles. The van der Waals surface area contributed by atoms with E-state index in [4.69, 9.17) is 4.74 Å². The lowest BCUT2D eigenvalue weighted by molar-refractivity contribution is -0.102. The molecule has 2 rings (SSSR count). The highest BCUT2D eigenvalue weighted by Crippen LogP contribution is 2.47. The van der Waals surface area contributed by atoms with Gasteiger partial charge in [-0.15, -0.1) is 0 Å². The van der Waals surface area contributed by atoms with E-state index >= 15 is 0 Å². The molecule has 0 aromatic heterocycles. The van der Waals surface area contributed by atoms with E-state index in [1.54, 1.807) is 0 Å². The van der Waals surface area contributed by atoms with Gasteiger partial charge in [-0.1, -0.05) is 13.8 Å². The molecular weight excluding hydrogens is 242 g/mol. The first-order valence-electron chi connectivity index (χ1n) is 7.36. The maximum atomic E-state index is 6.15. The third kappa shape index (κ3) is 3.23. The second-order valence-electron chi connectivity index (χ2n) is 6.91. The van der Waals surface area contributed by atoms with Gasteiger partial charge >= 0.3 is 0 Å². The lowest BCUT2D eigenvalue weighted by atomic mass is 9.67. The molecule has 0 radical (unpaired) electrons. The van der Waals surface area contributed by atoms with E-state index in [-0.39, 0.29) is 5.60 Å². The number of hydrogen-bond acceptors (Lipinski definition) is 3. The molecule has 1 N–H and O–H groups in total. The zero-order chi connectivity index (χ0) is 13.2. The summed E-state index contributed by atoms with van der Waals surface area (Å²) in [4.78, 5) is 0. The zero-order valence-corrected chi connectivity index (χ0v) is 13.2. The summed E-state index contributed by atoms with van der Waals surface area (Å²) in [6.07, 6.45) is 5.06. The van der Waals surface area contributed by atoms with Crippen molar-refractivity contribution in [3.05, 3.63) is 0 Å². The molecule has 3 heteroatoms. The van der Waals surface area contributed by atoms with Crippen LogP contribution < -0.4 is 5.32 Å². The summed E-state index contributed by atoms with van der Waals surface area (Å²) in [5, 5.41) is 3.39. The lowest BCUT2D eigenvalue weighted by Gasteiger charge is -2.45. The highest BCUT2D eigenvalue weighted by molar-refractivity contribution is 7.99. The number of nitrogens with one attached hydrogen (secondary N) is 1. The molecule has 2 nitrogen and oxygen atoms in total. The Bertz CT molecular complexity index is 274. The lowest BCUT2D eigenvalue weighted by Crippen LogP contribution is -2.45.